The van der Waals surface area contributed by atoms with Crippen molar-refractivity contribution in [1.29, 1.82) is 0 Å². The fraction of sp³-hybridized carbons (Fsp3) is 0.944. The van der Waals surface area contributed by atoms with Gasteiger partial charge in [-0.15, -0.1) is 0 Å². The highest BCUT2D eigenvalue weighted by atomic mass is 16.4. The van der Waals surface area contributed by atoms with E-state index in [1.54, 1.807) is 0 Å². The molecule has 3 nitrogen and oxygen atoms in total. The molecule has 0 aliphatic heterocycles. The van der Waals surface area contributed by atoms with Crippen molar-refractivity contribution in [2.45, 2.75) is 109 Å². The number of unbranched alkanes of at least 4 members (excludes halogenated alkanes) is 13. The summed E-state index contributed by atoms with van der Waals surface area (Å²) < 4.78 is 0. The molecule has 0 aromatic carbocycles. The summed E-state index contributed by atoms with van der Waals surface area (Å²) in [5, 5.41) is 8.66. The van der Waals surface area contributed by atoms with Crippen LogP contribution in [-0.2, 0) is 4.79 Å². The zero-order chi connectivity index (χ0) is 15.8. The third kappa shape index (κ3) is 15.6. The minimum atomic E-state index is -0.871. The molecule has 0 heterocycles. The van der Waals surface area contributed by atoms with Crippen LogP contribution in [0.15, 0.2) is 0 Å². The molecule has 0 saturated carbocycles. The topological polar surface area (TPSA) is 63.3 Å². The van der Waals surface area contributed by atoms with Gasteiger partial charge in [-0.2, -0.15) is 0 Å². The van der Waals surface area contributed by atoms with Crippen LogP contribution in [0.3, 0.4) is 0 Å². The summed E-state index contributed by atoms with van der Waals surface area (Å²) in [4.78, 5) is 10.5. The van der Waals surface area contributed by atoms with E-state index in [2.05, 4.69) is 6.92 Å². The monoisotopic (exact) mass is 299 g/mol. The highest BCUT2D eigenvalue weighted by Gasteiger charge is 2.09. The average molecular weight is 299 g/mol. The Hall–Kier alpha value is -0.570. The standard InChI is InChI=1S/C18H37NO2/c1-2-3-4-5-6-7-8-9-10-11-12-13-14-15-16-17(19)18(20)21/h17H,2-16,19H2,1H3,(H,20,21). The van der Waals surface area contributed by atoms with Crippen LogP contribution in [0.1, 0.15) is 103 Å². The molecule has 0 aromatic rings. The minimum Gasteiger partial charge on any atom is -0.480 e. The Labute approximate surface area is 131 Å². The number of aliphatic carboxylic acids is 1. The van der Waals surface area contributed by atoms with Crippen molar-refractivity contribution in [3.63, 3.8) is 0 Å². The largest absolute Gasteiger partial charge is 0.480 e. The van der Waals surface area contributed by atoms with Crippen LogP contribution >= 0.6 is 0 Å². The first-order valence-corrected chi connectivity index (χ1v) is 9.17. The Balaban J connectivity index is 3.04. The second-order valence-electron chi connectivity index (χ2n) is 6.33. The lowest BCUT2D eigenvalue weighted by atomic mass is 10.0. The van der Waals surface area contributed by atoms with E-state index in [1.165, 1.54) is 77.0 Å². The van der Waals surface area contributed by atoms with Crippen molar-refractivity contribution in [3.8, 4) is 0 Å². The van der Waals surface area contributed by atoms with Crippen LogP contribution in [0.4, 0.5) is 0 Å². The molecule has 3 N–H and O–H groups in total. The van der Waals surface area contributed by atoms with Gasteiger partial charge in [-0.25, -0.2) is 0 Å². The molecule has 3 heteroatoms. The van der Waals surface area contributed by atoms with Gasteiger partial charge >= 0.3 is 5.97 Å². The van der Waals surface area contributed by atoms with E-state index >= 15 is 0 Å². The van der Waals surface area contributed by atoms with Crippen LogP contribution in [0.5, 0.6) is 0 Å². The molecule has 0 saturated heterocycles. The van der Waals surface area contributed by atoms with E-state index in [-0.39, 0.29) is 0 Å². The summed E-state index contributed by atoms with van der Waals surface area (Å²) in [6.45, 7) is 2.26. The molecule has 1 atom stereocenters. The molecule has 0 spiro atoms. The van der Waals surface area contributed by atoms with E-state index in [0.29, 0.717) is 6.42 Å². The molecule has 0 amide bonds. The lowest BCUT2D eigenvalue weighted by molar-refractivity contribution is -0.138. The second kappa shape index (κ2) is 15.8. The van der Waals surface area contributed by atoms with Crippen molar-refractivity contribution in [3.05, 3.63) is 0 Å². The molecule has 0 fully saturated rings. The number of hydrogen-bond donors (Lipinski definition) is 2. The number of rotatable bonds is 16. The summed E-state index contributed by atoms with van der Waals surface area (Å²) in [7, 11) is 0. The van der Waals surface area contributed by atoms with E-state index in [1.807, 2.05) is 0 Å². The van der Waals surface area contributed by atoms with E-state index in [4.69, 9.17) is 10.8 Å². The van der Waals surface area contributed by atoms with Gasteiger partial charge in [0.15, 0.2) is 0 Å². The predicted octanol–water partition coefficient (Wildman–Crippen LogP) is 5.27. The van der Waals surface area contributed by atoms with E-state index in [9.17, 15) is 4.79 Å². The molecule has 21 heavy (non-hydrogen) atoms. The van der Waals surface area contributed by atoms with Crippen LogP contribution < -0.4 is 5.73 Å². The Morgan fingerprint density at radius 3 is 1.43 bits per heavy atom. The van der Waals surface area contributed by atoms with Gasteiger partial charge in [0.1, 0.15) is 6.04 Å². The fourth-order valence-electron chi connectivity index (χ4n) is 2.68. The maximum atomic E-state index is 10.5. The smallest absolute Gasteiger partial charge is 0.320 e. The lowest BCUT2D eigenvalue weighted by Gasteiger charge is -2.06. The van der Waals surface area contributed by atoms with Gasteiger partial charge in [0.05, 0.1) is 0 Å². The van der Waals surface area contributed by atoms with Crippen LogP contribution in [0.2, 0.25) is 0 Å². The quantitative estimate of drug-likeness (QED) is 0.382. The van der Waals surface area contributed by atoms with Crippen LogP contribution in [0, 0.1) is 0 Å². The van der Waals surface area contributed by atoms with Crippen molar-refractivity contribution >= 4 is 5.97 Å². The maximum absolute atomic E-state index is 10.5. The molecule has 0 rings (SSSR count). The molecule has 126 valence electrons. The highest BCUT2D eigenvalue weighted by Crippen LogP contribution is 2.13. The van der Waals surface area contributed by atoms with Crippen molar-refractivity contribution in [2.24, 2.45) is 5.73 Å². The maximum Gasteiger partial charge on any atom is 0.320 e. The van der Waals surface area contributed by atoms with E-state index in [0.717, 1.165) is 12.8 Å². The Bertz CT molecular complexity index is 231. The second-order valence-corrected chi connectivity index (χ2v) is 6.33. The molecular weight excluding hydrogens is 262 g/mol. The molecule has 0 aliphatic carbocycles. The summed E-state index contributed by atoms with van der Waals surface area (Å²) in [6.07, 6.45) is 19.1. The van der Waals surface area contributed by atoms with Gasteiger partial charge < -0.3 is 10.8 Å². The van der Waals surface area contributed by atoms with Crippen molar-refractivity contribution in [2.75, 3.05) is 0 Å². The summed E-state index contributed by atoms with van der Waals surface area (Å²) in [5.74, 6) is -0.871. The zero-order valence-electron chi connectivity index (χ0n) is 14.1. The normalized spacial score (nSPS) is 12.5. The van der Waals surface area contributed by atoms with Crippen molar-refractivity contribution < 1.29 is 9.90 Å². The zero-order valence-corrected chi connectivity index (χ0v) is 14.1. The van der Waals surface area contributed by atoms with Gasteiger partial charge in [0.25, 0.3) is 0 Å². The minimum absolute atomic E-state index is 0.618. The van der Waals surface area contributed by atoms with Gasteiger partial charge in [0.2, 0.25) is 0 Å². The van der Waals surface area contributed by atoms with Crippen LogP contribution in [-0.4, -0.2) is 17.1 Å². The highest BCUT2D eigenvalue weighted by molar-refractivity contribution is 5.72. The number of nitrogens with two attached hydrogens (primary N) is 1. The number of carboxylic acid groups (broad SMARTS) is 1. The van der Waals surface area contributed by atoms with Gasteiger partial charge in [-0.05, 0) is 6.42 Å². The summed E-state index contributed by atoms with van der Waals surface area (Å²) in [5.41, 5.74) is 5.46. The summed E-state index contributed by atoms with van der Waals surface area (Å²) >= 11 is 0. The van der Waals surface area contributed by atoms with Gasteiger partial charge in [0, 0.05) is 0 Å². The first kappa shape index (κ1) is 20.4. The van der Waals surface area contributed by atoms with Gasteiger partial charge in [-0.3, -0.25) is 4.79 Å². The fourth-order valence-corrected chi connectivity index (χ4v) is 2.68. The molecule has 0 aliphatic rings. The lowest BCUT2D eigenvalue weighted by Crippen LogP contribution is -2.29. The third-order valence-electron chi connectivity index (χ3n) is 4.19. The summed E-state index contributed by atoms with van der Waals surface area (Å²) in [6, 6.07) is -0.665. The number of carbonyl (C=O) groups is 1. The number of hydrogen-bond acceptors (Lipinski definition) is 2. The Kier molecular flexibility index (Phi) is 15.4. The third-order valence-corrected chi connectivity index (χ3v) is 4.19. The van der Waals surface area contributed by atoms with E-state index < -0.39 is 12.0 Å². The van der Waals surface area contributed by atoms with Gasteiger partial charge in [-0.1, -0.05) is 96.8 Å². The first-order chi connectivity index (χ1) is 10.2. The molecule has 1 unspecified atom stereocenters. The Morgan fingerprint density at radius 2 is 1.10 bits per heavy atom. The molecular formula is C18H37NO2. The number of carboxylic acids is 1. The van der Waals surface area contributed by atoms with Crippen molar-refractivity contribution in [1.82, 2.24) is 0 Å². The molecule has 0 radical (unpaired) electrons. The average Bonchev–Trinajstić information content (AvgIpc) is 2.47. The molecule has 0 bridgehead atoms. The van der Waals surface area contributed by atoms with Crippen LogP contribution in [0.25, 0.3) is 0 Å². The first-order valence-electron chi connectivity index (χ1n) is 9.17. The predicted molar refractivity (Wildman–Crippen MR) is 90.5 cm³/mol. The SMILES string of the molecule is CCCCCCCCCCCCCCCCC(N)C(=O)O. The Morgan fingerprint density at radius 1 is 0.762 bits per heavy atom. The molecule has 0 aromatic heterocycles.